The molecule has 0 aromatic rings. The summed E-state index contributed by atoms with van der Waals surface area (Å²) in [7, 11) is 0. The van der Waals surface area contributed by atoms with Gasteiger partial charge in [-0.25, -0.2) is 4.79 Å². The van der Waals surface area contributed by atoms with Gasteiger partial charge < -0.3 is 10.5 Å². The second-order valence-corrected chi connectivity index (χ2v) is 1.51. The van der Waals surface area contributed by atoms with Crippen LogP contribution in [0.25, 0.3) is 0 Å². The number of nitrogens with two attached hydrogens (primary N) is 1. The number of nitrogens with zero attached hydrogens (tertiary/aromatic N) is 1. The molecule has 0 unspecified atom stereocenters. The Balaban J connectivity index is 3.66. The van der Waals surface area contributed by atoms with E-state index >= 15 is 0 Å². The molecule has 4 nitrogen and oxygen atoms in total. The number of ether oxygens (including phenoxy) is 1. The molecule has 4 heteroatoms. The standard InChI is InChI=1S/C6H8N2O2/c1-5(4-8)6(9)10-3-2-7/h1-3,7H2. The van der Waals surface area contributed by atoms with Crippen molar-refractivity contribution in [1.82, 2.24) is 0 Å². The lowest BCUT2D eigenvalue weighted by Gasteiger charge is -1.98. The third kappa shape index (κ3) is 2.84. The van der Waals surface area contributed by atoms with E-state index in [1.54, 1.807) is 6.07 Å². The minimum Gasteiger partial charge on any atom is -0.460 e. The highest BCUT2D eigenvalue weighted by atomic mass is 16.5. The Bertz CT molecular complexity index is 181. The first-order chi connectivity index (χ1) is 4.72. The molecule has 0 saturated carbocycles. The predicted molar refractivity (Wildman–Crippen MR) is 34.8 cm³/mol. The molecular weight excluding hydrogens is 132 g/mol. The molecule has 10 heavy (non-hydrogen) atoms. The van der Waals surface area contributed by atoms with E-state index in [1.165, 1.54) is 0 Å². The van der Waals surface area contributed by atoms with Crippen LogP contribution in [0.1, 0.15) is 0 Å². The van der Waals surface area contributed by atoms with Crippen LogP contribution < -0.4 is 5.73 Å². The molecule has 0 aromatic carbocycles. The van der Waals surface area contributed by atoms with Gasteiger partial charge in [0.2, 0.25) is 0 Å². The van der Waals surface area contributed by atoms with Crippen LogP contribution in [0.5, 0.6) is 0 Å². The number of nitriles is 1. The average Bonchev–Trinajstić information content (AvgIpc) is 1.98. The second kappa shape index (κ2) is 4.53. The molecule has 0 bridgehead atoms. The first kappa shape index (κ1) is 8.66. The lowest BCUT2D eigenvalue weighted by atomic mass is 10.3. The third-order valence-electron chi connectivity index (χ3n) is 0.732. The summed E-state index contributed by atoms with van der Waals surface area (Å²) in [4.78, 5) is 10.5. The quantitative estimate of drug-likeness (QED) is 0.328. The molecule has 0 aliphatic heterocycles. The monoisotopic (exact) mass is 140 g/mol. The summed E-state index contributed by atoms with van der Waals surface area (Å²) in [6.45, 7) is 3.53. The Kier molecular flexibility index (Phi) is 3.92. The van der Waals surface area contributed by atoms with Crippen molar-refractivity contribution in [2.75, 3.05) is 13.2 Å². The zero-order valence-electron chi connectivity index (χ0n) is 5.46. The van der Waals surface area contributed by atoms with Gasteiger partial charge in [0.25, 0.3) is 0 Å². The zero-order valence-corrected chi connectivity index (χ0v) is 5.46. The minimum atomic E-state index is -0.701. The molecule has 0 atom stereocenters. The number of esters is 1. The Morgan fingerprint density at radius 3 is 2.80 bits per heavy atom. The molecule has 0 aliphatic carbocycles. The lowest BCUT2D eigenvalue weighted by molar-refractivity contribution is -0.138. The van der Waals surface area contributed by atoms with E-state index in [2.05, 4.69) is 11.3 Å². The highest BCUT2D eigenvalue weighted by Gasteiger charge is 2.04. The van der Waals surface area contributed by atoms with Crippen molar-refractivity contribution in [1.29, 1.82) is 5.26 Å². The minimum absolute atomic E-state index is 0.125. The second-order valence-electron chi connectivity index (χ2n) is 1.51. The van der Waals surface area contributed by atoms with Crippen LogP contribution in [0.3, 0.4) is 0 Å². The predicted octanol–water partition coefficient (Wildman–Crippen LogP) is -0.432. The number of hydrogen-bond acceptors (Lipinski definition) is 4. The van der Waals surface area contributed by atoms with Crippen LogP contribution in [0.15, 0.2) is 12.2 Å². The van der Waals surface area contributed by atoms with Crippen molar-refractivity contribution in [3.63, 3.8) is 0 Å². The summed E-state index contributed by atoms with van der Waals surface area (Å²) in [5.41, 5.74) is 4.83. The van der Waals surface area contributed by atoms with Gasteiger partial charge in [0.05, 0.1) is 0 Å². The normalized spacial score (nSPS) is 8.00. The van der Waals surface area contributed by atoms with Crippen molar-refractivity contribution >= 4 is 5.97 Å². The van der Waals surface area contributed by atoms with Gasteiger partial charge in [-0.3, -0.25) is 0 Å². The van der Waals surface area contributed by atoms with Crippen molar-refractivity contribution < 1.29 is 9.53 Å². The largest absolute Gasteiger partial charge is 0.460 e. The van der Waals surface area contributed by atoms with Crippen molar-refractivity contribution in [3.05, 3.63) is 12.2 Å². The molecule has 0 aliphatic rings. The average molecular weight is 140 g/mol. The van der Waals surface area contributed by atoms with Crippen LogP contribution in [-0.2, 0) is 9.53 Å². The number of carbonyl (C=O) groups excluding carboxylic acids is 1. The molecule has 54 valence electrons. The van der Waals surface area contributed by atoms with Crippen LogP contribution in [-0.4, -0.2) is 19.1 Å². The van der Waals surface area contributed by atoms with Gasteiger partial charge in [-0.2, -0.15) is 5.26 Å². The molecule has 2 N–H and O–H groups in total. The number of carbonyl (C=O) groups is 1. The first-order valence-electron chi connectivity index (χ1n) is 2.68. The summed E-state index contributed by atoms with van der Waals surface area (Å²) in [6.07, 6.45) is 0. The summed E-state index contributed by atoms with van der Waals surface area (Å²) >= 11 is 0. The van der Waals surface area contributed by atoms with Crippen molar-refractivity contribution in [3.8, 4) is 6.07 Å². The first-order valence-corrected chi connectivity index (χ1v) is 2.68. The molecule has 0 rings (SSSR count). The SMILES string of the molecule is C=C(C#N)C(=O)OCCN. The van der Waals surface area contributed by atoms with Crippen LogP contribution in [0, 0.1) is 11.3 Å². The summed E-state index contributed by atoms with van der Waals surface area (Å²) in [6, 6.07) is 1.56. The molecule has 0 aromatic heterocycles. The van der Waals surface area contributed by atoms with Crippen LogP contribution in [0.2, 0.25) is 0 Å². The molecule has 0 spiro atoms. The number of hydrogen-bond donors (Lipinski definition) is 1. The summed E-state index contributed by atoms with van der Waals surface area (Å²) < 4.78 is 4.46. The Morgan fingerprint density at radius 1 is 1.80 bits per heavy atom. The van der Waals surface area contributed by atoms with E-state index in [-0.39, 0.29) is 18.7 Å². The van der Waals surface area contributed by atoms with E-state index in [0.717, 1.165) is 0 Å². The van der Waals surface area contributed by atoms with Crippen LogP contribution >= 0.6 is 0 Å². The smallest absolute Gasteiger partial charge is 0.348 e. The van der Waals surface area contributed by atoms with Gasteiger partial charge in [-0.1, -0.05) is 6.58 Å². The third-order valence-corrected chi connectivity index (χ3v) is 0.732. The van der Waals surface area contributed by atoms with Gasteiger partial charge in [-0.15, -0.1) is 0 Å². The van der Waals surface area contributed by atoms with Gasteiger partial charge in [0.15, 0.2) is 0 Å². The van der Waals surface area contributed by atoms with E-state index in [0.29, 0.717) is 0 Å². The van der Waals surface area contributed by atoms with Gasteiger partial charge in [0, 0.05) is 6.54 Å². The van der Waals surface area contributed by atoms with Crippen molar-refractivity contribution in [2.24, 2.45) is 5.73 Å². The highest BCUT2D eigenvalue weighted by Crippen LogP contribution is 1.90. The van der Waals surface area contributed by atoms with E-state index in [9.17, 15) is 4.79 Å². The molecule has 0 radical (unpaired) electrons. The molecule has 0 saturated heterocycles. The Labute approximate surface area is 58.9 Å². The Hall–Kier alpha value is -1.34. The fourth-order valence-corrected chi connectivity index (χ4v) is 0.284. The maximum Gasteiger partial charge on any atom is 0.348 e. The topological polar surface area (TPSA) is 76.1 Å². The molecule has 0 heterocycles. The molecule has 0 fully saturated rings. The van der Waals surface area contributed by atoms with Gasteiger partial charge in [-0.05, 0) is 0 Å². The van der Waals surface area contributed by atoms with Gasteiger partial charge in [0.1, 0.15) is 18.2 Å². The Morgan fingerprint density at radius 2 is 2.40 bits per heavy atom. The number of rotatable bonds is 3. The lowest BCUT2D eigenvalue weighted by Crippen LogP contribution is -2.13. The summed E-state index contributed by atoms with van der Waals surface area (Å²) in [5, 5.41) is 8.12. The summed E-state index contributed by atoms with van der Waals surface area (Å²) in [5.74, 6) is -0.701. The fraction of sp³-hybridized carbons (Fsp3) is 0.333. The van der Waals surface area contributed by atoms with E-state index in [4.69, 9.17) is 11.0 Å². The maximum atomic E-state index is 10.5. The van der Waals surface area contributed by atoms with E-state index in [1.807, 2.05) is 0 Å². The van der Waals surface area contributed by atoms with E-state index < -0.39 is 5.97 Å². The molecular formula is C6H8N2O2. The fourth-order valence-electron chi connectivity index (χ4n) is 0.284. The molecule has 0 amide bonds. The van der Waals surface area contributed by atoms with Crippen LogP contribution in [0.4, 0.5) is 0 Å². The van der Waals surface area contributed by atoms with Crippen molar-refractivity contribution in [2.45, 2.75) is 0 Å². The maximum absolute atomic E-state index is 10.5. The highest BCUT2D eigenvalue weighted by molar-refractivity contribution is 5.91. The zero-order chi connectivity index (χ0) is 7.98. The van der Waals surface area contributed by atoms with Gasteiger partial charge >= 0.3 is 5.97 Å².